The van der Waals surface area contributed by atoms with Crippen molar-refractivity contribution in [3.05, 3.63) is 56.4 Å². The Morgan fingerprint density at radius 1 is 1.30 bits per heavy atom. The summed E-state index contributed by atoms with van der Waals surface area (Å²) in [7, 11) is 0. The molecule has 0 unspecified atom stereocenters. The Kier molecular flexibility index (Phi) is 5.91. The molecule has 0 saturated heterocycles. The number of halogens is 2. The highest BCUT2D eigenvalue weighted by Crippen LogP contribution is 2.26. The van der Waals surface area contributed by atoms with E-state index in [9.17, 15) is 18.4 Å². The van der Waals surface area contributed by atoms with Crippen molar-refractivity contribution in [1.29, 1.82) is 0 Å². The number of rotatable bonds is 7. The molecule has 5 nitrogen and oxygen atoms in total. The number of thiophene rings is 1. The van der Waals surface area contributed by atoms with E-state index in [1.807, 2.05) is 13.8 Å². The summed E-state index contributed by atoms with van der Waals surface area (Å²) in [6, 6.07) is 5.56. The van der Waals surface area contributed by atoms with Gasteiger partial charge in [-0.3, -0.25) is 9.59 Å². The maximum Gasteiger partial charge on any atom is 0.387 e. The quantitative estimate of drug-likeness (QED) is 0.588. The number of nitrogens with one attached hydrogen (secondary N) is 1. The Bertz CT molecular complexity index is 1030. The Labute approximate surface area is 161 Å². The SMILES string of the molecule is Cc1sc2nc(CSCC(=O)c3ccc(OC(F)F)cc3)[nH]c(=O)c2c1C. The summed E-state index contributed by atoms with van der Waals surface area (Å²) in [6.07, 6.45) is 0. The first-order valence-electron chi connectivity index (χ1n) is 8.00. The molecule has 0 aliphatic carbocycles. The summed E-state index contributed by atoms with van der Waals surface area (Å²) in [6.45, 7) is 0.951. The molecule has 1 aromatic carbocycles. The maximum absolute atomic E-state index is 12.2. The van der Waals surface area contributed by atoms with Crippen molar-refractivity contribution in [1.82, 2.24) is 9.97 Å². The lowest BCUT2D eigenvalue weighted by Gasteiger charge is -2.05. The molecular formula is C18H16F2N2O3S2. The van der Waals surface area contributed by atoms with E-state index >= 15 is 0 Å². The lowest BCUT2D eigenvalue weighted by atomic mass is 10.1. The van der Waals surface area contributed by atoms with Crippen LogP contribution in [-0.4, -0.2) is 28.1 Å². The largest absolute Gasteiger partial charge is 0.435 e. The third-order valence-corrected chi connectivity index (χ3v) is 6.01. The molecule has 0 amide bonds. The van der Waals surface area contributed by atoms with E-state index in [1.165, 1.54) is 47.4 Å². The molecule has 0 fully saturated rings. The molecule has 0 atom stereocenters. The minimum Gasteiger partial charge on any atom is -0.435 e. The van der Waals surface area contributed by atoms with Crippen LogP contribution >= 0.6 is 23.1 Å². The van der Waals surface area contributed by atoms with Crippen molar-refractivity contribution in [3.8, 4) is 5.75 Å². The average Bonchev–Trinajstić information content (AvgIpc) is 2.89. The van der Waals surface area contributed by atoms with Gasteiger partial charge in [-0.15, -0.1) is 23.1 Å². The van der Waals surface area contributed by atoms with Gasteiger partial charge in [0.1, 0.15) is 16.4 Å². The summed E-state index contributed by atoms with van der Waals surface area (Å²) in [4.78, 5) is 33.4. The number of carbonyl (C=O) groups excluding carboxylic acids is 1. The van der Waals surface area contributed by atoms with Crippen LogP contribution in [0, 0.1) is 13.8 Å². The topological polar surface area (TPSA) is 72.0 Å². The number of hydrogen-bond acceptors (Lipinski definition) is 6. The first kappa shape index (κ1) is 19.5. The molecular weight excluding hydrogens is 394 g/mol. The zero-order valence-corrected chi connectivity index (χ0v) is 16.2. The van der Waals surface area contributed by atoms with Gasteiger partial charge in [0.2, 0.25) is 0 Å². The summed E-state index contributed by atoms with van der Waals surface area (Å²) < 4.78 is 28.5. The summed E-state index contributed by atoms with van der Waals surface area (Å²) in [5.41, 5.74) is 1.18. The van der Waals surface area contributed by atoms with E-state index in [0.29, 0.717) is 27.4 Å². The number of thioether (sulfide) groups is 1. The molecule has 0 saturated carbocycles. The molecule has 0 bridgehead atoms. The van der Waals surface area contributed by atoms with Gasteiger partial charge in [-0.1, -0.05) is 0 Å². The molecule has 0 aliphatic rings. The fourth-order valence-electron chi connectivity index (χ4n) is 2.51. The highest BCUT2D eigenvalue weighted by molar-refractivity contribution is 7.99. The number of H-pyrrole nitrogens is 1. The molecule has 3 aromatic rings. The molecule has 0 aliphatic heterocycles. The Morgan fingerprint density at radius 2 is 2.00 bits per heavy atom. The van der Waals surface area contributed by atoms with Crippen LogP contribution in [-0.2, 0) is 5.75 Å². The van der Waals surface area contributed by atoms with Crippen LogP contribution in [0.15, 0.2) is 29.1 Å². The number of Topliss-reactive ketones (excluding diaryl/α,β-unsaturated/α-hetero) is 1. The van der Waals surface area contributed by atoms with Crippen LogP contribution in [0.3, 0.4) is 0 Å². The lowest BCUT2D eigenvalue weighted by Crippen LogP contribution is -2.11. The number of aromatic amines is 1. The first-order valence-corrected chi connectivity index (χ1v) is 9.97. The number of aryl methyl sites for hydroxylation is 2. The minimum atomic E-state index is -2.90. The number of hydrogen-bond donors (Lipinski definition) is 1. The predicted octanol–water partition coefficient (Wildman–Crippen LogP) is 4.32. The molecule has 1 N–H and O–H groups in total. The molecule has 3 rings (SSSR count). The van der Waals surface area contributed by atoms with Gasteiger partial charge < -0.3 is 9.72 Å². The van der Waals surface area contributed by atoms with Gasteiger partial charge in [0.25, 0.3) is 5.56 Å². The minimum absolute atomic E-state index is 0.00538. The van der Waals surface area contributed by atoms with Gasteiger partial charge in [0, 0.05) is 10.4 Å². The molecule has 0 spiro atoms. The second kappa shape index (κ2) is 8.18. The molecule has 142 valence electrons. The van der Waals surface area contributed by atoms with E-state index < -0.39 is 6.61 Å². The highest BCUT2D eigenvalue weighted by Gasteiger charge is 2.13. The van der Waals surface area contributed by atoms with Crippen molar-refractivity contribution in [2.24, 2.45) is 0 Å². The fraction of sp³-hybridized carbons (Fsp3) is 0.278. The Balaban J connectivity index is 1.61. The van der Waals surface area contributed by atoms with Crippen molar-refractivity contribution < 1.29 is 18.3 Å². The van der Waals surface area contributed by atoms with E-state index in [4.69, 9.17) is 0 Å². The number of fused-ring (bicyclic) bond motifs is 1. The van der Waals surface area contributed by atoms with Crippen molar-refractivity contribution in [3.63, 3.8) is 0 Å². The molecule has 27 heavy (non-hydrogen) atoms. The van der Waals surface area contributed by atoms with Crippen LogP contribution in [0.25, 0.3) is 10.2 Å². The Hall–Kier alpha value is -2.26. The monoisotopic (exact) mass is 410 g/mol. The number of nitrogens with zero attached hydrogens (tertiary/aromatic N) is 1. The second-order valence-corrected chi connectivity index (χ2v) is 7.98. The summed E-state index contributed by atoms with van der Waals surface area (Å²) >= 11 is 2.80. The molecule has 0 radical (unpaired) electrons. The van der Waals surface area contributed by atoms with E-state index in [0.717, 1.165) is 10.4 Å². The number of aromatic nitrogens is 2. The second-order valence-electron chi connectivity index (χ2n) is 5.79. The zero-order chi connectivity index (χ0) is 19.6. The van der Waals surface area contributed by atoms with Crippen molar-refractivity contribution in [2.45, 2.75) is 26.2 Å². The summed E-state index contributed by atoms with van der Waals surface area (Å²) in [5.74, 6) is 0.951. The van der Waals surface area contributed by atoms with Crippen LogP contribution < -0.4 is 10.3 Å². The van der Waals surface area contributed by atoms with Gasteiger partial charge >= 0.3 is 6.61 Å². The number of ketones is 1. The van der Waals surface area contributed by atoms with E-state index in [2.05, 4.69) is 14.7 Å². The molecule has 9 heteroatoms. The van der Waals surface area contributed by atoms with E-state index in [-0.39, 0.29) is 22.8 Å². The van der Waals surface area contributed by atoms with Crippen molar-refractivity contribution in [2.75, 3.05) is 5.75 Å². The Morgan fingerprint density at radius 3 is 2.67 bits per heavy atom. The third kappa shape index (κ3) is 4.54. The summed E-state index contributed by atoms with van der Waals surface area (Å²) in [5, 5.41) is 0.619. The average molecular weight is 410 g/mol. The first-order chi connectivity index (χ1) is 12.8. The van der Waals surface area contributed by atoms with Gasteiger partial charge in [-0.05, 0) is 43.7 Å². The van der Waals surface area contributed by atoms with Crippen LogP contribution in [0.1, 0.15) is 26.6 Å². The molecule has 2 heterocycles. The number of benzene rings is 1. The fourth-order valence-corrected chi connectivity index (χ4v) is 4.35. The van der Waals surface area contributed by atoms with Gasteiger partial charge in [0.05, 0.1) is 16.9 Å². The maximum atomic E-state index is 12.2. The highest BCUT2D eigenvalue weighted by atomic mass is 32.2. The zero-order valence-electron chi connectivity index (χ0n) is 14.5. The van der Waals surface area contributed by atoms with Crippen LogP contribution in [0.4, 0.5) is 8.78 Å². The number of alkyl halides is 2. The van der Waals surface area contributed by atoms with Crippen LogP contribution in [0.5, 0.6) is 5.75 Å². The van der Waals surface area contributed by atoms with Gasteiger partial charge in [-0.25, -0.2) is 4.98 Å². The number of ether oxygens (including phenoxy) is 1. The predicted molar refractivity (Wildman–Crippen MR) is 103 cm³/mol. The third-order valence-electron chi connectivity index (χ3n) is 3.96. The van der Waals surface area contributed by atoms with Crippen molar-refractivity contribution >= 4 is 39.1 Å². The smallest absolute Gasteiger partial charge is 0.387 e. The standard InChI is InChI=1S/C18H16F2N2O3S2/c1-9-10(2)27-17-15(9)16(24)21-14(22-17)8-26-7-13(23)11-3-5-12(6-4-11)25-18(19)20/h3-6,18H,7-8H2,1-2H3,(H,21,22,24). The van der Waals surface area contributed by atoms with Gasteiger partial charge in [0.15, 0.2) is 5.78 Å². The lowest BCUT2D eigenvalue weighted by molar-refractivity contribution is -0.0498. The molecule has 2 aromatic heterocycles. The van der Waals surface area contributed by atoms with Crippen LogP contribution in [0.2, 0.25) is 0 Å². The number of carbonyl (C=O) groups is 1. The normalized spacial score (nSPS) is 11.3. The van der Waals surface area contributed by atoms with E-state index in [1.54, 1.807) is 0 Å². The van der Waals surface area contributed by atoms with Gasteiger partial charge in [-0.2, -0.15) is 8.78 Å².